The molecule has 0 spiro atoms. The smallest absolute Gasteiger partial charge is 0.253 e. The molecule has 0 radical (unpaired) electrons. The number of fused-ring (bicyclic) bond motifs is 1. The molecule has 0 bridgehead atoms. The Labute approximate surface area is 141 Å². The van der Waals surface area contributed by atoms with Gasteiger partial charge in [-0.15, -0.1) is 0 Å². The third-order valence-corrected chi connectivity index (χ3v) is 4.06. The second-order valence-corrected chi connectivity index (χ2v) is 5.98. The number of ether oxygens (including phenoxy) is 1. The zero-order valence-corrected chi connectivity index (χ0v) is 14.3. The van der Waals surface area contributed by atoms with Gasteiger partial charge in [0.2, 0.25) is 0 Å². The molecule has 3 aromatic rings. The van der Waals surface area contributed by atoms with E-state index in [4.69, 9.17) is 4.74 Å². The van der Waals surface area contributed by atoms with E-state index in [1.807, 2.05) is 37.3 Å². The fourth-order valence-corrected chi connectivity index (χ4v) is 2.82. The molecule has 2 aromatic carbocycles. The summed E-state index contributed by atoms with van der Waals surface area (Å²) in [5.74, 6) is 0.766. The maximum absolute atomic E-state index is 12.3. The van der Waals surface area contributed by atoms with Crippen molar-refractivity contribution in [2.75, 3.05) is 11.9 Å². The monoisotopic (exact) mass is 322 g/mol. The first kappa shape index (κ1) is 16.1. The van der Waals surface area contributed by atoms with Crippen molar-refractivity contribution in [1.82, 2.24) is 4.98 Å². The SMILES string of the molecule is CCOc1ccc2cc(CNc3ccc(C)cc3C)c(=O)[nH]c2c1. The molecule has 0 amide bonds. The summed E-state index contributed by atoms with van der Waals surface area (Å²) in [6.45, 7) is 7.17. The van der Waals surface area contributed by atoms with Crippen LogP contribution in [-0.2, 0) is 6.54 Å². The van der Waals surface area contributed by atoms with Crippen LogP contribution in [0.1, 0.15) is 23.6 Å². The molecule has 0 fully saturated rings. The van der Waals surface area contributed by atoms with Gasteiger partial charge in [-0.25, -0.2) is 0 Å². The molecule has 0 aliphatic carbocycles. The first-order valence-corrected chi connectivity index (χ1v) is 8.16. The molecule has 4 heteroatoms. The number of benzene rings is 2. The highest BCUT2D eigenvalue weighted by atomic mass is 16.5. The van der Waals surface area contributed by atoms with Crippen molar-refractivity contribution in [3.8, 4) is 5.75 Å². The minimum atomic E-state index is -0.0755. The number of H-pyrrole nitrogens is 1. The highest BCUT2D eigenvalue weighted by Crippen LogP contribution is 2.20. The summed E-state index contributed by atoms with van der Waals surface area (Å²) in [7, 11) is 0. The number of aromatic amines is 1. The number of hydrogen-bond donors (Lipinski definition) is 2. The van der Waals surface area contributed by atoms with Crippen LogP contribution in [0.4, 0.5) is 5.69 Å². The minimum absolute atomic E-state index is 0.0755. The quantitative estimate of drug-likeness (QED) is 0.742. The van der Waals surface area contributed by atoms with Crippen LogP contribution in [0, 0.1) is 13.8 Å². The van der Waals surface area contributed by atoms with Gasteiger partial charge < -0.3 is 15.0 Å². The van der Waals surface area contributed by atoms with E-state index in [0.29, 0.717) is 18.7 Å². The average molecular weight is 322 g/mol. The number of anilines is 1. The van der Waals surface area contributed by atoms with Crippen molar-refractivity contribution in [3.63, 3.8) is 0 Å². The number of nitrogens with one attached hydrogen (secondary N) is 2. The van der Waals surface area contributed by atoms with E-state index in [2.05, 4.69) is 36.3 Å². The lowest BCUT2D eigenvalue weighted by Gasteiger charge is -2.11. The van der Waals surface area contributed by atoms with Crippen LogP contribution in [0.3, 0.4) is 0 Å². The van der Waals surface area contributed by atoms with Crippen molar-refractivity contribution >= 4 is 16.6 Å². The molecule has 4 nitrogen and oxygen atoms in total. The molecular weight excluding hydrogens is 300 g/mol. The normalized spacial score (nSPS) is 10.8. The summed E-state index contributed by atoms with van der Waals surface area (Å²) in [6, 6.07) is 13.9. The van der Waals surface area contributed by atoms with Gasteiger partial charge in [0.1, 0.15) is 5.75 Å². The Kier molecular flexibility index (Phi) is 4.56. The molecule has 124 valence electrons. The van der Waals surface area contributed by atoms with E-state index in [-0.39, 0.29) is 5.56 Å². The molecule has 0 atom stereocenters. The van der Waals surface area contributed by atoms with Crippen molar-refractivity contribution < 1.29 is 4.74 Å². The first-order chi connectivity index (χ1) is 11.6. The maximum atomic E-state index is 12.3. The minimum Gasteiger partial charge on any atom is -0.494 e. The number of pyridine rings is 1. The van der Waals surface area contributed by atoms with E-state index in [0.717, 1.165) is 22.3 Å². The standard InChI is InChI=1S/C20H22N2O2/c1-4-24-17-7-6-15-10-16(20(23)22-19(15)11-17)12-21-18-8-5-13(2)9-14(18)3/h5-11,21H,4,12H2,1-3H3,(H,22,23). The van der Waals surface area contributed by atoms with Crippen LogP contribution >= 0.6 is 0 Å². The summed E-state index contributed by atoms with van der Waals surface area (Å²) < 4.78 is 5.48. The molecule has 0 aliphatic rings. The number of hydrogen-bond acceptors (Lipinski definition) is 3. The molecule has 0 saturated carbocycles. The van der Waals surface area contributed by atoms with Crippen LogP contribution in [0.2, 0.25) is 0 Å². The zero-order valence-electron chi connectivity index (χ0n) is 14.3. The van der Waals surface area contributed by atoms with Crippen LogP contribution in [0.15, 0.2) is 47.3 Å². The highest BCUT2D eigenvalue weighted by molar-refractivity contribution is 5.80. The maximum Gasteiger partial charge on any atom is 0.253 e. The Morgan fingerprint density at radius 2 is 1.92 bits per heavy atom. The van der Waals surface area contributed by atoms with Gasteiger partial charge >= 0.3 is 0 Å². The van der Waals surface area contributed by atoms with E-state index >= 15 is 0 Å². The fourth-order valence-electron chi connectivity index (χ4n) is 2.82. The number of rotatable bonds is 5. The van der Waals surface area contributed by atoms with Gasteiger partial charge in [-0.3, -0.25) is 4.79 Å². The fraction of sp³-hybridized carbons (Fsp3) is 0.250. The van der Waals surface area contributed by atoms with Crippen molar-refractivity contribution in [1.29, 1.82) is 0 Å². The van der Waals surface area contributed by atoms with Gasteiger partial charge in [-0.05, 0) is 56.0 Å². The largest absolute Gasteiger partial charge is 0.494 e. The van der Waals surface area contributed by atoms with Crippen LogP contribution in [0.25, 0.3) is 10.9 Å². The van der Waals surface area contributed by atoms with Crippen molar-refractivity contribution in [2.45, 2.75) is 27.3 Å². The second-order valence-electron chi connectivity index (χ2n) is 5.98. The zero-order chi connectivity index (χ0) is 17.1. The topological polar surface area (TPSA) is 54.1 Å². The predicted octanol–water partition coefficient (Wildman–Crippen LogP) is 4.16. The highest BCUT2D eigenvalue weighted by Gasteiger charge is 2.05. The number of aromatic nitrogens is 1. The van der Waals surface area contributed by atoms with Crippen molar-refractivity contribution in [2.24, 2.45) is 0 Å². The predicted molar refractivity (Wildman–Crippen MR) is 99.0 cm³/mol. The third kappa shape index (κ3) is 3.43. The van der Waals surface area contributed by atoms with Crippen LogP contribution < -0.4 is 15.6 Å². The summed E-state index contributed by atoms with van der Waals surface area (Å²) in [5.41, 5.74) is 4.88. The molecule has 0 aliphatic heterocycles. The third-order valence-electron chi connectivity index (χ3n) is 4.06. The Balaban J connectivity index is 1.85. The van der Waals surface area contributed by atoms with Gasteiger partial charge in [0.25, 0.3) is 5.56 Å². The molecule has 0 unspecified atom stereocenters. The Bertz CT molecular complexity index is 929. The summed E-state index contributed by atoms with van der Waals surface area (Å²) in [4.78, 5) is 15.3. The molecule has 24 heavy (non-hydrogen) atoms. The lowest BCUT2D eigenvalue weighted by molar-refractivity contribution is 0.340. The molecule has 1 heterocycles. The molecule has 0 saturated heterocycles. The molecule has 2 N–H and O–H groups in total. The van der Waals surface area contributed by atoms with Gasteiger partial charge in [0.15, 0.2) is 0 Å². The second kappa shape index (κ2) is 6.79. The lowest BCUT2D eigenvalue weighted by Crippen LogP contribution is -2.16. The molecular formula is C20H22N2O2. The van der Waals surface area contributed by atoms with E-state index in [1.165, 1.54) is 11.1 Å². The van der Waals surface area contributed by atoms with Crippen LogP contribution in [-0.4, -0.2) is 11.6 Å². The Hall–Kier alpha value is -2.75. The summed E-state index contributed by atoms with van der Waals surface area (Å²) in [6.07, 6.45) is 0. The van der Waals surface area contributed by atoms with Crippen molar-refractivity contribution in [3.05, 3.63) is 69.5 Å². The number of aryl methyl sites for hydroxylation is 2. The van der Waals surface area contributed by atoms with E-state index in [1.54, 1.807) is 0 Å². The lowest BCUT2D eigenvalue weighted by atomic mass is 10.1. The average Bonchev–Trinajstić information content (AvgIpc) is 2.54. The summed E-state index contributed by atoms with van der Waals surface area (Å²) >= 11 is 0. The summed E-state index contributed by atoms with van der Waals surface area (Å²) in [5, 5.41) is 4.34. The van der Waals surface area contributed by atoms with Gasteiger partial charge in [-0.2, -0.15) is 0 Å². The van der Waals surface area contributed by atoms with E-state index in [9.17, 15) is 4.79 Å². The molecule has 3 rings (SSSR count). The van der Waals surface area contributed by atoms with E-state index < -0.39 is 0 Å². The Morgan fingerprint density at radius 3 is 2.67 bits per heavy atom. The van der Waals surface area contributed by atoms with Gasteiger partial charge in [0.05, 0.1) is 12.1 Å². The first-order valence-electron chi connectivity index (χ1n) is 8.16. The Morgan fingerprint density at radius 1 is 1.08 bits per heavy atom. The van der Waals surface area contributed by atoms with Gasteiger partial charge in [0, 0.05) is 23.9 Å². The molecule has 1 aromatic heterocycles. The van der Waals surface area contributed by atoms with Gasteiger partial charge in [-0.1, -0.05) is 17.7 Å². The van der Waals surface area contributed by atoms with Crippen LogP contribution in [0.5, 0.6) is 5.75 Å².